The molecule has 10 atom stereocenters. The lowest BCUT2D eigenvalue weighted by Gasteiger charge is -2.39. The Balaban J connectivity index is 1.36. The molecular formula is C24H36O6. The largest absolute Gasteiger partial charge is 0.459 e. The number of rotatable bonds is 6. The Kier molecular flexibility index (Phi) is 4.79. The summed E-state index contributed by atoms with van der Waals surface area (Å²) >= 11 is 0. The molecule has 1 saturated heterocycles. The first-order valence-corrected chi connectivity index (χ1v) is 12.0. The average molecular weight is 421 g/mol. The van der Waals surface area contributed by atoms with E-state index in [1.165, 1.54) is 12.8 Å². The lowest BCUT2D eigenvalue weighted by atomic mass is 9.77. The molecule has 0 aromatic heterocycles. The van der Waals surface area contributed by atoms with Crippen molar-refractivity contribution >= 4 is 11.9 Å². The molecule has 0 amide bonds. The molecule has 4 saturated carbocycles. The third-order valence-electron chi connectivity index (χ3n) is 9.48. The number of hydrogen-bond donors (Lipinski definition) is 1. The van der Waals surface area contributed by atoms with E-state index >= 15 is 0 Å². The number of aliphatic hydroxyl groups is 1. The van der Waals surface area contributed by atoms with Crippen molar-refractivity contribution in [2.45, 2.75) is 96.7 Å². The van der Waals surface area contributed by atoms with Crippen molar-refractivity contribution in [3.05, 3.63) is 0 Å². The van der Waals surface area contributed by atoms with Gasteiger partial charge < -0.3 is 19.3 Å². The summed E-state index contributed by atoms with van der Waals surface area (Å²) < 4.78 is 18.1. The van der Waals surface area contributed by atoms with Crippen molar-refractivity contribution in [2.75, 3.05) is 0 Å². The number of ether oxygens (including phenoxy) is 3. The minimum absolute atomic E-state index is 0.0581. The molecule has 4 bridgehead atoms. The molecule has 5 rings (SSSR count). The van der Waals surface area contributed by atoms with Crippen LogP contribution in [0.25, 0.3) is 0 Å². The van der Waals surface area contributed by atoms with Gasteiger partial charge in [0.1, 0.15) is 17.8 Å². The fourth-order valence-electron chi connectivity index (χ4n) is 7.37. The number of hydrogen-bond acceptors (Lipinski definition) is 6. The van der Waals surface area contributed by atoms with Crippen LogP contribution in [0.3, 0.4) is 0 Å². The first-order chi connectivity index (χ1) is 14.2. The average Bonchev–Trinajstić information content (AvgIpc) is 3.49. The second-order valence-electron chi connectivity index (χ2n) is 11.2. The molecule has 30 heavy (non-hydrogen) atoms. The summed E-state index contributed by atoms with van der Waals surface area (Å²) in [4.78, 5) is 26.3. The summed E-state index contributed by atoms with van der Waals surface area (Å²) in [6.45, 7) is 7.84. The van der Waals surface area contributed by atoms with Crippen LogP contribution in [-0.4, -0.2) is 41.1 Å². The standard InChI is InChI=1S/C24H36O6/c1-5-23(3,4)22(27)29-19-15-10-14-16(20(25)28-18(14)19)17(15)21(26)30-24(6-2)11-12-7-8-13(24)9-12/h12-20,25H,5-11H2,1-4H3. The van der Waals surface area contributed by atoms with E-state index in [1.807, 2.05) is 20.8 Å². The number of aliphatic hydroxyl groups excluding tert-OH is 1. The zero-order valence-corrected chi connectivity index (χ0v) is 18.6. The highest BCUT2D eigenvalue weighted by atomic mass is 16.6. The molecule has 6 heteroatoms. The van der Waals surface area contributed by atoms with Crippen LogP contribution >= 0.6 is 0 Å². The van der Waals surface area contributed by atoms with Gasteiger partial charge in [-0.15, -0.1) is 0 Å². The number of fused-ring (bicyclic) bond motifs is 3. The maximum atomic E-state index is 13.5. The van der Waals surface area contributed by atoms with E-state index in [2.05, 4.69) is 6.92 Å². The lowest BCUT2D eigenvalue weighted by molar-refractivity contribution is -0.182. The molecule has 6 nitrogen and oxygen atoms in total. The first kappa shape index (κ1) is 20.7. The molecule has 1 aliphatic heterocycles. The Hall–Kier alpha value is -1.14. The van der Waals surface area contributed by atoms with Crippen molar-refractivity contribution in [2.24, 2.45) is 40.9 Å². The van der Waals surface area contributed by atoms with Crippen LogP contribution in [0.4, 0.5) is 0 Å². The number of carbonyl (C=O) groups is 2. The molecule has 5 fully saturated rings. The van der Waals surface area contributed by atoms with Crippen LogP contribution in [0.1, 0.15) is 72.6 Å². The zero-order valence-electron chi connectivity index (χ0n) is 18.6. The lowest BCUT2D eigenvalue weighted by Crippen LogP contribution is -2.48. The van der Waals surface area contributed by atoms with E-state index in [1.54, 1.807) is 0 Å². The van der Waals surface area contributed by atoms with Gasteiger partial charge in [0.15, 0.2) is 6.29 Å². The SMILES string of the molecule is CCC(C)(C)C(=O)OC1C2CC3C1OC(O)C3C2C(=O)OC1(CC)CC2CCC1C2. The van der Waals surface area contributed by atoms with E-state index in [0.29, 0.717) is 18.3 Å². The van der Waals surface area contributed by atoms with Crippen LogP contribution in [0.2, 0.25) is 0 Å². The fourth-order valence-corrected chi connectivity index (χ4v) is 7.37. The molecule has 0 aromatic carbocycles. The van der Waals surface area contributed by atoms with Gasteiger partial charge in [-0.05, 0) is 76.5 Å². The van der Waals surface area contributed by atoms with Crippen LogP contribution in [0.5, 0.6) is 0 Å². The summed E-state index contributed by atoms with van der Waals surface area (Å²) in [7, 11) is 0. The predicted molar refractivity (Wildman–Crippen MR) is 108 cm³/mol. The third kappa shape index (κ3) is 2.82. The van der Waals surface area contributed by atoms with E-state index in [0.717, 1.165) is 25.7 Å². The molecule has 0 radical (unpaired) electrons. The number of carbonyl (C=O) groups excluding carboxylic acids is 2. The van der Waals surface area contributed by atoms with E-state index in [-0.39, 0.29) is 41.4 Å². The second kappa shape index (κ2) is 6.93. The zero-order chi connectivity index (χ0) is 21.4. The van der Waals surface area contributed by atoms with Crippen LogP contribution in [-0.2, 0) is 23.8 Å². The minimum atomic E-state index is -0.983. The second-order valence-corrected chi connectivity index (χ2v) is 11.2. The van der Waals surface area contributed by atoms with Gasteiger partial charge in [-0.25, -0.2) is 0 Å². The van der Waals surface area contributed by atoms with E-state index in [4.69, 9.17) is 14.2 Å². The quantitative estimate of drug-likeness (QED) is 0.663. The van der Waals surface area contributed by atoms with Gasteiger partial charge in [0, 0.05) is 11.8 Å². The fraction of sp³-hybridized carbons (Fsp3) is 0.917. The molecule has 5 aliphatic rings. The molecular weight excluding hydrogens is 384 g/mol. The highest BCUT2D eigenvalue weighted by molar-refractivity contribution is 5.77. The smallest absolute Gasteiger partial charge is 0.311 e. The van der Waals surface area contributed by atoms with Crippen molar-refractivity contribution in [1.29, 1.82) is 0 Å². The molecule has 10 unspecified atom stereocenters. The highest BCUT2D eigenvalue weighted by Crippen LogP contribution is 2.61. The van der Waals surface area contributed by atoms with Gasteiger partial charge in [0.25, 0.3) is 0 Å². The topological polar surface area (TPSA) is 82.1 Å². The molecule has 0 spiro atoms. The van der Waals surface area contributed by atoms with Crippen molar-refractivity contribution in [3.63, 3.8) is 0 Å². The van der Waals surface area contributed by atoms with Gasteiger partial charge in [0.05, 0.1) is 11.3 Å². The van der Waals surface area contributed by atoms with E-state index in [9.17, 15) is 14.7 Å². The van der Waals surface area contributed by atoms with Crippen LogP contribution in [0.15, 0.2) is 0 Å². The summed E-state index contributed by atoms with van der Waals surface area (Å²) in [5, 5.41) is 10.6. The Labute approximate surface area is 179 Å². The van der Waals surface area contributed by atoms with Crippen LogP contribution < -0.4 is 0 Å². The summed E-state index contributed by atoms with van der Waals surface area (Å²) in [5.74, 6) is -0.0801. The first-order valence-electron chi connectivity index (χ1n) is 12.0. The van der Waals surface area contributed by atoms with Crippen LogP contribution in [0, 0.1) is 40.9 Å². The Morgan fingerprint density at radius 3 is 2.53 bits per heavy atom. The van der Waals surface area contributed by atoms with Gasteiger partial charge >= 0.3 is 11.9 Å². The highest BCUT2D eigenvalue weighted by Gasteiger charge is 2.70. The monoisotopic (exact) mass is 420 g/mol. The van der Waals surface area contributed by atoms with Gasteiger partial charge in [-0.3, -0.25) is 9.59 Å². The predicted octanol–water partition coefficient (Wildman–Crippen LogP) is 3.45. The molecule has 1 heterocycles. The van der Waals surface area contributed by atoms with Gasteiger partial charge in [0.2, 0.25) is 0 Å². The Bertz CT molecular complexity index is 733. The van der Waals surface area contributed by atoms with Crippen molar-refractivity contribution in [3.8, 4) is 0 Å². The Morgan fingerprint density at radius 1 is 1.17 bits per heavy atom. The van der Waals surface area contributed by atoms with Gasteiger partial charge in [-0.1, -0.05) is 13.8 Å². The normalized spacial score (nSPS) is 48.4. The molecule has 0 aromatic rings. The third-order valence-corrected chi connectivity index (χ3v) is 9.48. The van der Waals surface area contributed by atoms with Gasteiger partial charge in [-0.2, -0.15) is 0 Å². The minimum Gasteiger partial charge on any atom is -0.459 e. The van der Waals surface area contributed by atoms with E-state index < -0.39 is 23.7 Å². The van der Waals surface area contributed by atoms with Crippen molar-refractivity contribution in [1.82, 2.24) is 0 Å². The molecule has 4 aliphatic carbocycles. The summed E-state index contributed by atoms with van der Waals surface area (Å²) in [6, 6.07) is 0. The molecule has 1 N–H and O–H groups in total. The maximum absolute atomic E-state index is 13.5. The maximum Gasteiger partial charge on any atom is 0.311 e. The van der Waals surface area contributed by atoms with Crippen molar-refractivity contribution < 1.29 is 28.9 Å². The number of esters is 2. The molecule has 168 valence electrons. The summed E-state index contributed by atoms with van der Waals surface area (Å²) in [6.07, 6.45) is 5.04. The Morgan fingerprint density at radius 2 is 1.93 bits per heavy atom. The summed E-state index contributed by atoms with van der Waals surface area (Å²) in [5.41, 5.74) is -0.925.